The topological polar surface area (TPSA) is 122 Å². The summed E-state index contributed by atoms with van der Waals surface area (Å²) in [6, 6.07) is 10.1. The van der Waals surface area contributed by atoms with Crippen LogP contribution >= 0.6 is 0 Å². The van der Waals surface area contributed by atoms with Gasteiger partial charge in [0.05, 0.1) is 5.39 Å². The molecule has 3 rings (SSSR count). The maximum absolute atomic E-state index is 13.0. The van der Waals surface area contributed by atoms with Crippen LogP contribution in [0, 0.1) is 0 Å². The molecule has 0 bridgehead atoms. The summed E-state index contributed by atoms with van der Waals surface area (Å²) in [5.41, 5.74) is -1.64. The van der Waals surface area contributed by atoms with Gasteiger partial charge in [-0.3, -0.25) is 4.79 Å². The van der Waals surface area contributed by atoms with Gasteiger partial charge < -0.3 is 28.5 Å². The summed E-state index contributed by atoms with van der Waals surface area (Å²) < 4.78 is 25.8. The minimum atomic E-state index is -0.913. The van der Waals surface area contributed by atoms with Crippen LogP contribution in [0.5, 0.6) is 17.4 Å². The quantitative estimate of drug-likeness (QED) is 0.374. The van der Waals surface area contributed by atoms with Gasteiger partial charge >= 0.3 is 12.3 Å². The fraction of sp³-hybridized carbons (Fsp3) is 0.320. The Morgan fingerprint density at radius 3 is 1.82 bits per heavy atom. The second-order valence-electron chi connectivity index (χ2n) is 9.43. The maximum Gasteiger partial charge on any atom is 0.514 e. The fourth-order valence-electron chi connectivity index (χ4n) is 2.90. The van der Waals surface area contributed by atoms with Crippen molar-refractivity contribution < 1.29 is 38.1 Å². The minimum Gasteiger partial charge on any atom is -0.480 e. The van der Waals surface area contributed by atoms with Crippen LogP contribution in [0.3, 0.4) is 0 Å². The molecule has 34 heavy (non-hydrogen) atoms. The molecule has 1 heterocycles. The standard InChI is InChI=1S/C25H26O9/c1-24(2,3)33-22(28)30-15-9-7-14(8-10-15)19-20(26)17-12-11-16(13-18(17)32-21(19)27)31-23(29)34-25(4,5)6/h7-13,27H,1-6H3. The van der Waals surface area contributed by atoms with Gasteiger partial charge in [-0.1, -0.05) is 12.1 Å². The molecule has 0 aliphatic carbocycles. The van der Waals surface area contributed by atoms with E-state index >= 15 is 0 Å². The van der Waals surface area contributed by atoms with Gasteiger partial charge in [-0.2, -0.15) is 0 Å². The van der Waals surface area contributed by atoms with Crippen LogP contribution in [0.15, 0.2) is 51.7 Å². The van der Waals surface area contributed by atoms with Gasteiger partial charge in [-0.25, -0.2) is 9.59 Å². The summed E-state index contributed by atoms with van der Waals surface area (Å²) in [7, 11) is 0. The number of hydrogen-bond acceptors (Lipinski definition) is 9. The first-order valence-corrected chi connectivity index (χ1v) is 10.4. The van der Waals surface area contributed by atoms with E-state index in [1.807, 2.05) is 0 Å². The summed E-state index contributed by atoms with van der Waals surface area (Å²) in [6.45, 7) is 10.2. The van der Waals surface area contributed by atoms with E-state index in [1.165, 1.54) is 42.5 Å². The Kier molecular flexibility index (Phi) is 6.58. The van der Waals surface area contributed by atoms with Crippen molar-refractivity contribution in [3.05, 3.63) is 52.7 Å². The highest BCUT2D eigenvalue weighted by molar-refractivity contribution is 5.85. The van der Waals surface area contributed by atoms with E-state index in [4.69, 9.17) is 23.4 Å². The van der Waals surface area contributed by atoms with Crippen LogP contribution in [-0.4, -0.2) is 28.6 Å². The second kappa shape index (κ2) is 9.09. The van der Waals surface area contributed by atoms with E-state index in [0.29, 0.717) is 5.56 Å². The van der Waals surface area contributed by atoms with Crippen molar-refractivity contribution in [1.82, 2.24) is 0 Å². The molecule has 0 radical (unpaired) electrons. The van der Waals surface area contributed by atoms with E-state index in [-0.39, 0.29) is 28.0 Å². The zero-order valence-corrected chi connectivity index (χ0v) is 19.8. The SMILES string of the molecule is CC(C)(C)OC(=O)Oc1ccc(-c2c(O)oc3cc(OC(=O)OC(C)(C)C)ccc3c2=O)cc1. The van der Waals surface area contributed by atoms with Gasteiger partial charge in [-0.15, -0.1) is 0 Å². The molecule has 0 amide bonds. The van der Waals surface area contributed by atoms with E-state index in [1.54, 1.807) is 41.5 Å². The van der Waals surface area contributed by atoms with Crippen molar-refractivity contribution in [2.75, 3.05) is 0 Å². The molecule has 0 saturated heterocycles. The van der Waals surface area contributed by atoms with Crippen LogP contribution in [0.25, 0.3) is 22.1 Å². The summed E-state index contributed by atoms with van der Waals surface area (Å²) >= 11 is 0. The first kappa shape index (κ1) is 24.6. The molecule has 1 N–H and O–H groups in total. The van der Waals surface area contributed by atoms with Crippen LogP contribution < -0.4 is 14.9 Å². The Hall–Kier alpha value is -4.01. The van der Waals surface area contributed by atoms with Crippen molar-refractivity contribution in [1.29, 1.82) is 0 Å². The average molecular weight is 470 g/mol. The number of ether oxygens (including phenoxy) is 4. The number of carbonyl (C=O) groups excluding carboxylic acids is 2. The molecule has 0 aliphatic rings. The smallest absolute Gasteiger partial charge is 0.480 e. The molecule has 3 aromatic rings. The number of benzene rings is 2. The molecule has 0 aliphatic heterocycles. The lowest BCUT2D eigenvalue weighted by Gasteiger charge is -2.18. The minimum absolute atomic E-state index is 0.0252. The zero-order chi connectivity index (χ0) is 25.3. The highest BCUT2D eigenvalue weighted by atomic mass is 16.7. The van der Waals surface area contributed by atoms with Crippen molar-refractivity contribution in [2.45, 2.75) is 52.7 Å². The van der Waals surface area contributed by atoms with Gasteiger partial charge in [0.2, 0.25) is 5.43 Å². The van der Waals surface area contributed by atoms with E-state index in [0.717, 1.165) is 0 Å². The Bertz CT molecular complexity index is 1270. The summed E-state index contributed by atoms with van der Waals surface area (Å²) in [5.74, 6) is -0.333. The van der Waals surface area contributed by atoms with Gasteiger partial charge in [0.15, 0.2) is 0 Å². The Morgan fingerprint density at radius 2 is 1.29 bits per heavy atom. The second-order valence-corrected chi connectivity index (χ2v) is 9.43. The molecule has 2 aromatic carbocycles. The molecular formula is C25H26O9. The molecule has 180 valence electrons. The third-order valence-corrected chi connectivity index (χ3v) is 4.17. The highest BCUT2D eigenvalue weighted by Gasteiger charge is 2.21. The van der Waals surface area contributed by atoms with Crippen LogP contribution in [-0.2, 0) is 9.47 Å². The Morgan fingerprint density at radius 1 is 0.794 bits per heavy atom. The number of aromatic hydroxyl groups is 1. The van der Waals surface area contributed by atoms with E-state index < -0.39 is 34.9 Å². The average Bonchev–Trinajstić information content (AvgIpc) is 2.66. The lowest BCUT2D eigenvalue weighted by Crippen LogP contribution is -2.26. The molecular weight excluding hydrogens is 444 g/mol. The molecule has 0 spiro atoms. The molecule has 0 fully saturated rings. The Balaban J connectivity index is 1.85. The van der Waals surface area contributed by atoms with Crippen molar-refractivity contribution in [3.8, 4) is 28.6 Å². The molecule has 1 aromatic heterocycles. The van der Waals surface area contributed by atoms with Gasteiger partial charge in [0.1, 0.15) is 33.8 Å². The van der Waals surface area contributed by atoms with E-state index in [9.17, 15) is 19.5 Å². The first-order chi connectivity index (χ1) is 15.7. The number of rotatable bonds is 3. The lowest BCUT2D eigenvalue weighted by atomic mass is 10.0. The third kappa shape index (κ3) is 6.28. The van der Waals surface area contributed by atoms with E-state index in [2.05, 4.69) is 0 Å². The van der Waals surface area contributed by atoms with Gasteiger partial charge in [0, 0.05) is 6.07 Å². The number of fused-ring (bicyclic) bond motifs is 1. The first-order valence-electron chi connectivity index (χ1n) is 10.4. The summed E-state index contributed by atoms with van der Waals surface area (Å²) in [6.07, 6.45) is -1.78. The largest absolute Gasteiger partial charge is 0.514 e. The van der Waals surface area contributed by atoms with Gasteiger partial charge in [0.25, 0.3) is 5.95 Å². The molecule has 9 heteroatoms. The molecule has 0 unspecified atom stereocenters. The number of hydrogen-bond donors (Lipinski definition) is 1. The van der Waals surface area contributed by atoms with Crippen LogP contribution in [0.2, 0.25) is 0 Å². The molecule has 0 atom stereocenters. The van der Waals surface area contributed by atoms with Crippen LogP contribution in [0.4, 0.5) is 9.59 Å². The maximum atomic E-state index is 13.0. The monoisotopic (exact) mass is 470 g/mol. The lowest BCUT2D eigenvalue weighted by molar-refractivity contribution is 0.0193. The molecule has 9 nitrogen and oxygen atoms in total. The van der Waals surface area contributed by atoms with Crippen molar-refractivity contribution in [3.63, 3.8) is 0 Å². The summed E-state index contributed by atoms with van der Waals surface area (Å²) in [4.78, 5) is 36.7. The molecule has 0 saturated carbocycles. The highest BCUT2D eigenvalue weighted by Crippen LogP contribution is 2.32. The third-order valence-electron chi connectivity index (χ3n) is 4.17. The summed E-state index contributed by atoms with van der Waals surface area (Å²) in [5, 5.41) is 10.6. The van der Waals surface area contributed by atoms with Crippen molar-refractivity contribution >= 4 is 23.3 Å². The Labute approximate surface area is 195 Å². The predicted octanol–water partition coefficient (Wildman–Crippen LogP) is 5.79. The van der Waals surface area contributed by atoms with Gasteiger partial charge in [-0.05, 0) is 71.4 Å². The number of carbonyl (C=O) groups is 2. The van der Waals surface area contributed by atoms with Crippen molar-refractivity contribution in [2.24, 2.45) is 0 Å². The predicted molar refractivity (Wildman–Crippen MR) is 123 cm³/mol. The fourth-order valence-corrected chi connectivity index (χ4v) is 2.90. The van der Waals surface area contributed by atoms with Crippen LogP contribution in [0.1, 0.15) is 41.5 Å². The normalized spacial score (nSPS) is 11.7. The zero-order valence-electron chi connectivity index (χ0n) is 19.8.